The lowest BCUT2D eigenvalue weighted by Crippen LogP contribution is -2.02. The molecule has 1 N–H and O–H groups in total. The van der Waals surface area contributed by atoms with E-state index >= 15 is 0 Å². The first-order valence-electron chi connectivity index (χ1n) is 5.24. The Morgan fingerprint density at radius 2 is 2.26 bits per heavy atom. The number of carboxylic acid groups (broad SMARTS) is 1. The summed E-state index contributed by atoms with van der Waals surface area (Å²) in [5.41, 5.74) is 0.490. The van der Waals surface area contributed by atoms with Gasteiger partial charge in [-0.1, -0.05) is 6.07 Å². The Morgan fingerprint density at radius 1 is 1.47 bits per heavy atom. The Hall–Kier alpha value is -2.39. The van der Waals surface area contributed by atoms with Crippen LogP contribution < -0.4 is 4.74 Å². The second-order valence-electron chi connectivity index (χ2n) is 3.63. The minimum absolute atomic E-state index is 0.0778. The third kappa shape index (κ3) is 2.89. The highest BCUT2D eigenvalue weighted by Gasteiger charge is 2.13. The van der Waals surface area contributed by atoms with Gasteiger partial charge in [-0.15, -0.1) is 11.3 Å². The molecule has 1 heterocycles. The predicted molar refractivity (Wildman–Crippen MR) is 66.7 cm³/mol. The first kappa shape index (κ1) is 13.1. The molecule has 0 radical (unpaired) electrons. The number of hydrogen-bond acceptors (Lipinski definition) is 4. The monoisotopic (exact) mass is 277 g/mol. The van der Waals surface area contributed by atoms with E-state index < -0.39 is 11.8 Å². The number of benzene rings is 1. The summed E-state index contributed by atoms with van der Waals surface area (Å²) >= 11 is 1.04. The summed E-state index contributed by atoms with van der Waals surface area (Å²) in [7, 11) is 0. The maximum atomic E-state index is 13.6. The summed E-state index contributed by atoms with van der Waals surface area (Å²) in [5, 5.41) is 19.1. The molecule has 0 spiro atoms. The highest BCUT2D eigenvalue weighted by Crippen LogP contribution is 2.25. The minimum Gasteiger partial charge on any atom is -0.487 e. The van der Waals surface area contributed by atoms with E-state index in [4.69, 9.17) is 15.1 Å². The van der Waals surface area contributed by atoms with Crippen molar-refractivity contribution in [3.63, 3.8) is 0 Å². The molecule has 19 heavy (non-hydrogen) atoms. The van der Waals surface area contributed by atoms with E-state index in [1.165, 1.54) is 18.2 Å². The summed E-state index contributed by atoms with van der Waals surface area (Å²) in [4.78, 5) is 10.9. The Morgan fingerprint density at radius 3 is 2.89 bits per heavy atom. The third-order valence-corrected chi connectivity index (χ3v) is 3.27. The average molecular weight is 277 g/mol. The first-order chi connectivity index (χ1) is 9.11. The minimum atomic E-state index is -1.08. The van der Waals surface area contributed by atoms with E-state index in [0.29, 0.717) is 0 Å². The van der Waals surface area contributed by atoms with E-state index in [0.717, 1.165) is 17.4 Å². The number of halogens is 1. The van der Waals surface area contributed by atoms with Crippen LogP contribution in [0, 0.1) is 17.1 Å². The van der Waals surface area contributed by atoms with Crippen molar-refractivity contribution in [3.8, 4) is 11.8 Å². The lowest BCUT2D eigenvalue weighted by molar-refractivity contribution is 0.0697. The van der Waals surface area contributed by atoms with Gasteiger partial charge < -0.3 is 9.84 Å². The molecule has 6 heteroatoms. The number of carboxylic acids is 1. The van der Waals surface area contributed by atoms with Crippen LogP contribution in [0.25, 0.3) is 0 Å². The van der Waals surface area contributed by atoms with Gasteiger partial charge in [-0.2, -0.15) is 5.26 Å². The molecule has 96 valence electrons. The molecule has 0 aliphatic rings. The van der Waals surface area contributed by atoms with Gasteiger partial charge in [0.25, 0.3) is 0 Å². The van der Waals surface area contributed by atoms with Gasteiger partial charge in [-0.3, -0.25) is 0 Å². The molecule has 1 aromatic carbocycles. The first-order valence-corrected chi connectivity index (χ1v) is 6.12. The van der Waals surface area contributed by atoms with Crippen LogP contribution in [0.1, 0.15) is 20.8 Å². The van der Waals surface area contributed by atoms with Crippen molar-refractivity contribution >= 4 is 17.3 Å². The number of aromatic carboxylic acids is 1. The molecule has 2 aromatic rings. The number of rotatable bonds is 4. The highest BCUT2D eigenvalue weighted by atomic mass is 32.1. The van der Waals surface area contributed by atoms with Crippen LogP contribution in [0.4, 0.5) is 4.39 Å². The average Bonchev–Trinajstić information content (AvgIpc) is 2.85. The molecule has 0 bridgehead atoms. The maximum Gasteiger partial charge on any atom is 0.349 e. The van der Waals surface area contributed by atoms with E-state index in [1.54, 1.807) is 5.38 Å². The second-order valence-corrected chi connectivity index (χ2v) is 4.54. The van der Waals surface area contributed by atoms with Crippen LogP contribution >= 0.6 is 11.3 Å². The van der Waals surface area contributed by atoms with Crippen molar-refractivity contribution < 1.29 is 19.0 Å². The summed E-state index contributed by atoms with van der Waals surface area (Å²) in [6, 6.07) is 7.40. The lowest BCUT2D eigenvalue weighted by Gasteiger charge is -2.06. The molecule has 0 saturated heterocycles. The molecular weight excluding hydrogens is 269 g/mol. The van der Waals surface area contributed by atoms with Crippen molar-refractivity contribution in [3.05, 3.63) is 51.5 Å². The fraction of sp³-hybridized carbons (Fsp3) is 0.0769. The summed E-state index contributed by atoms with van der Waals surface area (Å²) in [6.07, 6.45) is 0. The molecule has 0 aliphatic carbocycles. The summed E-state index contributed by atoms with van der Waals surface area (Å²) in [6.45, 7) is -0.0887. The van der Waals surface area contributed by atoms with Gasteiger partial charge in [0.2, 0.25) is 0 Å². The molecule has 0 aliphatic heterocycles. The van der Waals surface area contributed by atoms with Crippen molar-refractivity contribution in [1.29, 1.82) is 5.26 Å². The number of hydrogen-bond donors (Lipinski definition) is 1. The van der Waals surface area contributed by atoms with Crippen molar-refractivity contribution in [1.82, 2.24) is 0 Å². The fourth-order valence-corrected chi connectivity index (χ4v) is 2.13. The number of nitrogens with zero attached hydrogens (tertiary/aromatic N) is 1. The van der Waals surface area contributed by atoms with Gasteiger partial charge in [0, 0.05) is 5.56 Å². The molecule has 0 fully saturated rings. The quantitative estimate of drug-likeness (QED) is 0.932. The van der Waals surface area contributed by atoms with Gasteiger partial charge in [-0.25, -0.2) is 9.18 Å². The van der Waals surface area contributed by atoms with Crippen molar-refractivity contribution in [2.24, 2.45) is 0 Å². The van der Waals surface area contributed by atoms with E-state index in [2.05, 4.69) is 0 Å². The van der Waals surface area contributed by atoms with Gasteiger partial charge in [0.05, 0.1) is 11.6 Å². The normalized spacial score (nSPS) is 9.89. The van der Waals surface area contributed by atoms with Crippen LogP contribution in [-0.2, 0) is 6.61 Å². The zero-order chi connectivity index (χ0) is 13.8. The highest BCUT2D eigenvalue weighted by molar-refractivity contribution is 7.12. The Labute approximate surface area is 112 Å². The Balaban J connectivity index is 2.13. The molecule has 1 aromatic heterocycles. The number of nitriles is 1. The van der Waals surface area contributed by atoms with Crippen molar-refractivity contribution in [2.75, 3.05) is 0 Å². The van der Waals surface area contributed by atoms with Crippen LogP contribution in [0.15, 0.2) is 29.6 Å². The molecule has 4 nitrogen and oxygen atoms in total. The van der Waals surface area contributed by atoms with Gasteiger partial charge in [0.1, 0.15) is 18.2 Å². The summed E-state index contributed by atoms with van der Waals surface area (Å²) in [5.74, 6) is -1.42. The molecule has 2 rings (SSSR count). The fourth-order valence-electron chi connectivity index (χ4n) is 1.46. The topological polar surface area (TPSA) is 70.3 Å². The Bertz CT molecular complexity index is 660. The molecule has 0 unspecified atom stereocenters. The SMILES string of the molecule is N#Cc1ccc(COc2ccsc2C(=O)O)c(F)c1. The smallest absolute Gasteiger partial charge is 0.349 e. The number of thiophene rings is 1. The molecule has 0 atom stereocenters. The number of ether oxygens (including phenoxy) is 1. The van der Waals surface area contributed by atoms with E-state index in [9.17, 15) is 9.18 Å². The van der Waals surface area contributed by atoms with Crippen LogP contribution in [0.5, 0.6) is 5.75 Å². The second kappa shape index (κ2) is 5.50. The van der Waals surface area contributed by atoms with Crippen LogP contribution in [0.2, 0.25) is 0 Å². The van der Waals surface area contributed by atoms with Gasteiger partial charge in [0.15, 0.2) is 4.88 Å². The van der Waals surface area contributed by atoms with Gasteiger partial charge >= 0.3 is 5.97 Å². The number of carbonyl (C=O) groups is 1. The van der Waals surface area contributed by atoms with E-state index in [-0.39, 0.29) is 28.4 Å². The van der Waals surface area contributed by atoms with Gasteiger partial charge in [-0.05, 0) is 23.6 Å². The molecule has 0 amide bonds. The standard InChI is InChI=1S/C13H8FNO3S/c14-10-5-8(6-15)1-2-9(10)7-18-11-3-4-19-12(11)13(16)17/h1-5H,7H2,(H,16,17). The zero-order valence-electron chi connectivity index (χ0n) is 9.59. The maximum absolute atomic E-state index is 13.6. The predicted octanol–water partition coefficient (Wildman–Crippen LogP) is 3.04. The molecule has 0 saturated carbocycles. The lowest BCUT2D eigenvalue weighted by atomic mass is 10.1. The Kier molecular flexibility index (Phi) is 3.78. The largest absolute Gasteiger partial charge is 0.487 e. The summed E-state index contributed by atoms with van der Waals surface area (Å²) < 4.78 is 18.9. The van der Waals surface area contributed by atoms with Crippen molar-refractivity contribution in [2.45, 2.75) is 6.61 Å². The third-order valence-electron chi connectivity index (χ3n) is 2.39. The van der Waals surface area contributed by atoms with E-state index in [1.807, 2.05) is 6.07 Å². The molecular formula is C13H8FNO3S. The van der Waals surface area contributed by atoms with Crippen LogP contribution in [-0.4, -0.2) is 11.1 Å². The van der Waals surface area contributed by atoms with Crippen LogP contribution in [0.3, 0.4) is 0 Å². The zero-order valence-corrected chi connectivity index (χ0v) is 10.4.